The van der Waals surface area contributed by atoms with Crippen LogP contribution in [0, 0.1) is 0 Å². The monoisotopic (exact) mass is 326 g/mol. The van der Waals surface area contributed by atoms with Crippen LogP contribution in [0.25, 0.3) is 0 Å². The van der Waals surface area contributed by atoms with E-state index in [-0.39, 0.29) is 24.0 Å². The van der Waals surface area contributed by atoms with Gasteiger partial charge in [0.15, 0.2) is 0 Å². The molecule has 0 aliphatic heterocycles. The predicted molar refractivity (Wildman–Crippen MR) is 71.2 cm³/mol. The van der Waals surface area contributed by atoms with E-state index in [2.05, 4.69) is 15.7 Å². The molecule has 0 saturated carbocycles. The summed E-state index contributed by atoms with van der Waals surface area (Å²) in [4.78, 5) is 3.86. The number of hydrazine groups is 1. The van der Waals surface area contributed by atoms with Gasteiger partial charge in [0.1, 0.15) is 0 Å². The summed E-state index contributed by atoms with van der Waals surface area (Å²) in [6.07, 6.45) is 0. The number of nitrogens with two attached hydrogens (primary N) is 1. The highest BCUT2D eigenvalue weighted by molar-refractivity contribution is 14.0. The summed E-state index contributed by atoms with van der Waals surface area (Å²) in [5.74, 6) is 5.69. The molecule has 0 spiro atoms. The van der Waals surface area contributed by atoms with E-state index in [1.165, 1.54) is 0 Å². The average Bonchev–Trinajstić information content (AvgIpc) is 2.17. The van der Waals surface area contributed by atoms with Crippen molar-refractivity contribution in [1.82, 2.24) is 5.43 Å². The zero-order chi connectivity index (χ0) is 9.68. The molecular weight excluding hydrogens is 314 g/mol. The number of hydrogen-bond donors (Lipinski definition) is 3. The number of anilines is 1. The van der Waals surface area contributed by atoms with Gasteiger partial charge in [-0.1, -0.05) is 11.6 Å². The Hall–Kier alpha value is -0.530. The van der Waals surface area contributed by atoms with Crippen LogP contribution < -0.4 is 16.6 Å². The molecule has 4 nitrogen and oxygen atoms in total. The molecule has 6 heteroatoms. The summed E-state index contributed by atoms with van der Waals surface area (Å²) in [5.41, 5.74) is 3.30. The molecule has 0 aromatic heterocycles. The standard InChI is InChI=1S/C8H11ClN4.HI/c1-11-8(13-10)12-7-4-2-6(9)3-5-7;/h2-5H,10H2,1H3,(H2,11,12,13);1H. The first-order chi connectivity index (χ1) is 6.26. The second kappa shape index (κ2) is 6.86. The zero-order valence-electron chi connectivity index (χ0n) is 7.62. The van der Waals surface area contributed by atoms with E-state index in [4.69, 9.17) is 17.4 Å². The summed E-state index contributed by atoms with van der Waals surface area (Å²) in [7, 11) is 1.64. The van der Waals surface area contributed by atoms with Crippen LogP contribution in [-0.2, 0) is 0 Å². The van der Waals surface area contributed by atoms with E-state index >= 15 is 0 Å². The summed E-state index contributed by atoms with van der Waals surface area (Å²) in [6, 6.07) is 7.25. The third kappa shape index (κ3) is 4.12. The average molecular weight is 327 g/mol. The van der Waals surface area contributed by atoms with Gasteiger partial charge in [0.05, 0.1) is 0 Å². The number of hydrogen-bond acceptors (Lipinski definition) is 2. The molecule has 1 rings (SSSR count). The maximum atomic E-state index is 5.72. The minimum absolute atomic E-state index is 0. The first-order valence-corrected chi connectivity index (χ1v) is 4.10. The van der Waals surface area contributed by atoms with Gasteiger partial charge >= 0.3 is 0 Å². The number of nitrogens with zero attached hydrogens (tertiary/aromatic N) is 1. The van der Waals surface area contributed by atoms with Gasteiger partial charge in [-0.25, -0.2) is 5.84 Å². The van der Waals surface area contributed by atoms with Gasteiger partial charge in [-0.15, -0.1) is 24.0 Å². The SMILES string of the molecule is CN=C(NN)Nc1ccc(Cl)cc1.I. The molecule has 14 heavy (non-hydrogen) atoms. The van der Waals surface area contributed by atoms with Gasteiger partial charge in [0.2, 0.25) is 5.96 Å². The first-order valence-electron chi connectivity index (χ1n) is 3.72. The lowest BCUT2D eigenvalue weighted by molar-refractivity contribution is 1.01. The highest BCUT2D eigenvalue weighted by Gasteiger charge is 1.95. The number of nitrogens with one attached hydrogen (secondary N) is 2. The lowest BCUT2D eigenvalue weighted by Gasteiger charge is -2.07. The zero-order valence-corrected chi connectivity index (χ0v) is 10.7. The van der Waals surface area contributed by atoms with Crippen molar-refractivity contribution in [2.75, 3.05) is 12.4 Å². The molecule has 0 aliphatic carbocycles. The van der Waals surface area contributed by atoms with E-state index in [9.17, 15) is 0 Å². The smallest absolute Gasteiger partial charge is 0.209 e. The second-order valence-electron chi connectivity index (χ2n) is 2.35. The lowest BCUT2D eigenvalue weighted by atomic mass is 10.3. The van der Waals surface area contributed by atoms with E-state index < -0.39 is 0 Å². The molecule has 0 aliphatic rings. The molecule has 0 fully saturated rings. The van der Waals surface area contributed by atoms with Crippen molar-refractivity contribution in [2.24, 2.45) is 10.8 Å². The minimum Gasteiger partial charge on any atom is -0.325 e. The molecule has 0 atom stereocenters. The van der Waals surface area contributed by atoms with Crippen molar-refractivity contribution < 1.29 is 0 Å². The third-order valence-corrected chi connectivity index (χ3v) is 1.72. The van der Waals surface area contributed by atoms with E-state index in [0.29, 0.717) is 11.0 Å². The highest BCUT2D eigenvalue weighted by atomic mass is 127. The fourth-order valence-electron chi connectivity index (χ4n) is 0.826. The van der Waals surface area contributed by atoms with E-state index in [1.54, 1.807) is 19.2 Å². The molecule has 4 N–H and O–H groups in total. The fraction of sp³-hybridized carbons (Fsp3) is 0.125. The van der Waals surface area contributed by atoms with Crippen LogP contribution in [0.2, 0.25) is 5.02 Å². The maximum absolute atomic E-state index is 5.72. The molecule has 0 saturated heterocycles. The molecule has 0 radical (unpaired) electrons. The number of guanidine groups is 1. The molecule has 0 amide bonds. The van der Waals surface area contributed by atoms with Gasteiger partial charge in [-0.2, -0.15) is 0 Å². The number of benzene rings is 1. The van der Waals surface area contributed by atoms with Gasteiger partial charge in [-0.05, 0) is 24.3 Å². The lowest BCUT2D eigenvalue weighted by Crippen LogP contribution is -2.35. The van der Waals surface area contributed by atoms with Crippen LogP contribution in [0.5, 0.6) is 0 Å². The Bertz CT molecular complexity index is 299. The summed E-state index contributed by atoms with van der Waals surface area (Å²) >= 11 is 5.72. The van der Waals surface area contributed by atoms with Crippen LogP contribution in [0.3, 0.4) is 0 Å². The van der Waals surface area contributed by atoms with Crippen LogP contribution in [0.4, 0.5) is 5.69 Å². The molecule has 1 aromatic rings. The van der Waals surface area contributed by atoms with E-state index in [1.807, 2.05) is 12.1 Å². The van der Waals surface area contributed by atoms with Crippen LogP contribution in [0.1, 0.15) is 0 Å². The Balaban J connectivity index is 0.00000169. The topological polar surface area (TPSA) is 62.4 Å². The van der Waals surface area contributed by atoms with Gasteiger partial charge in [0, 0.05) is 17.8 Å². The largest absolute Gasteiger partial charge is 0.325 e. The van der Waals surface area contributed by atoms with Gasteiger partial charge in [-0.3, -0.25) is 10.4 Å². The Morgan fingerprint density at radius 3 is 2.36 bits per heavy atom. The van der Waals surface area contributed by atoms with Crippen molar-refractivity contribution in [2.45, 2.75) is 0 Å². The molecular formula is C8H12ClIN4. The predicted octanol–water partition coefficient (Wildman–Crippen LogP) is 1.82. The van der Waals surface area contributed by atoms with Crippen molar-refractivity contribution in [3.63, 3.8) is 0 Å². The molecule has 0 bridgehead atoms. The van der Waals surface area contributed by atoms with Crippen molar-refractivity contribution in [1.29, 1.82) is 0 Å². The molecule has 78 valence electrons. The van der Waals surface area contributed by atoms with Gasteiger partial charge < -0.3 is 5.32 Å². The van der Waals surface area contributed by atoms with Gasteiger partial charge in [0.25, 0.3) is 0 Å². The van der Waals surface area contributed by atoms with E-state index in [0.717, 1.165) is 5.69 Å². The van der Waals surface area contributed by atoms with Crippen LogP contribution in [0.15, 0.2) is 29.3 Å². The van der Waals surface area contributed by atoms with Crippen LogP contribution in [-0.4, -0.2) is 13.0 Å². The first kappa shape index (κ1) is 13.5. The fourth-order valence-corrected chi connectivity index (χ4v) is 0.952. The second-order valence-corrected chi connectivity index (χ2v) is 2.78. The molecule has 0 unspecified atom stereocenters. The summed E-state index contributed by atoms with van der Waals surface area (Å²) in [5, 5.41) is 3.66. The quantitative estimate of drug-likeness (QED) is 0.242. The Kier molecular flexibility index (Phi) is 6.60. The van der Waals surface area contributed by atoms with Crippen molar-refractivity contribution in [3.05, 3.63) is 29.3 Å². The Morgan fingerprint density at radius 1 is 1.36 bits per heavy atom. The van der Waals surface area contributed by atoms with Crippen LogP contribution >= 0.6 is 35.6 Å². The van der Waals surface area contributed by atoms with Crippen molar-refractivity contribution in [3.8, 4) is 0 Å². The van der Waals surface area contributed by atoms with Crippen molar-refractivity contribution >= 4 is 47.2 Å². The molecule has 0 heterocycles. The Labute approximate surface area is 105 Å². The highest BCUT2D eigenvalue weighted by Crippen LogP contribution is 2.12. The Morgan fingerprint density at radius 2 is 1.93 bits per heavy atom. The molecule has 1 aromatic carbocycles. The summed E-state index contributed by atoms with van der Waals surface area (Å²) in [6.45, 7) is 0. The maximum Gasteiger partial charge on any atom is 0.209 e. The summed E-state index contributed by atoms with van der Waals surface area (Å²) < 4.78 is 0. The number of halogens is 2. The number of aliphatic imine (C=N–C) groups is 1. The normalized spacial score (nSPS) is 10.4. The minimum atomic E-state index is 0. The third-order valence-electron chi connectivity index (χ3n) is 1.47. The number of rotatable bonds is 1.